The first-order chi connectivity index (χ1) is 17.0. The molecule has 2 aromatic rings. The van der Waals surface area contributed by atoms with Crippen LogP contribution in [0.3, 0.4) is 0 Å². The van der Waals surface area contributed by atoms with Crippen LogP contribution in [0.2, 0.25) is 0 Å². The van der Waals surface area contributed by atoms with Gasteiger partial charge in [-0.25, -0.2) is 9.59 Å². The van der Waals surface area contributed by atoms with Gasteiger partial charge in [0.15, 0.2) is 5.92 Å². The van der Waals surface area contributed by atoms with Crippen molar-refractivity contribution in [2.75, 3.05) is 24.6 Å². The minimum atomic E-state index is -4.63. The van der Waals surface area contributed by atoms with Crippen molar-refractivity contribution >= 4 is 29.7 Å². The first-order valence-electron chi connectivity index (χ1n) is 11.0. The minimum Gasteiger partial charge on any atom is -0.481 e. The number of halogens is 3. The molecule has 2 aromatic carbocycles. The summed E-state index contributed by atoms with van der Waals surface area (Å²) < 4.78 is 44.9. The molecule has 0 saturated carbocycles. The molecular formula is C24H22F3N3O6. The van der Waals surface area contributed by atoms with E-state index < -0.39 is 54.7 Å². The molecule has 2 aliphatic heterocycles. The molecule has 2 fully saturated rings. The van der Waals surface area contributed by atoms with Crippen molar-refractivity contribution in [2.24, 2.45) is 5.92 Å². The molecule has 2 saturated heterocycles. The van der Waals surface area contributed by atoms with Crippen molar-refractivity contribution in [2.45, 2.75) is 26.2 Å². The number of carboxylic acids is 1. The molecular weight excluding hydrogens is 483 g/mol. The van der Waals surface area contributed by atoms with Gasteiger partial charge in [0, 0.05) is 18.8 Å². The summed E-state index contributed by atoms with van der Waals surface area (Å²) in [5.74, 6) is -4.04. The summed E-state index contributed by atoms with van der Waals surface area (Å²) in [6, 6.07) is 9.00. The molecule has 0 aromatic heterocycles. The van der Waals surface area contributed by atoms with Gasteiger partial charge in [0.05, 0.1) is 18.7 Å². The number of cyclic esters (lactones) is 1. The summed E-state index contributed by atoms with van der Waals surface area (Å²) in [6.45, 7) is 1.32. The van der Waals surface area contributed by atoms with E-state index in [0.29, 0.717) is 23.7 Å². The number of aliphatic carboxylic acids is 1. The number of nitrogens with zero attached hydrogens (tertiary/aromatic N) is 3. The normalized spacial score (nSPS) is 18.6. The van der Waals surface area contributed by atoms with E-state index >= 15 is 0 Å². The lowest BCUT2D eigenvalue weighted by molar-refractivity contribution is -0.150. The second kappa shape index (κ2) is 9.51. The van der Waals surface area contributed by atoms with Crippen molar-refractivity contribution in [3.05, 3.63) is 64.7 Å². The van der Waals surface area contributed by atoms with Crippen LogP contribution in [-0.4, -0.2) is 58.6 Å². The Morgan fingerprint density at radius 3 is 2.36 bits per heavy atom. The SMILES string of the molecule is Cc1c(CN2C(=O)C(C(=O)O)CN(c3ccc(CN4CCOC4=O)cc3)C2=O)cccc1C(F)(F)F. The largest absolute Gasteiger partial charge is 0.481 e. The van der Waals surface area contributed by atoms with Crippen molar-refractivity contribution in [1.82, 2.24) is 9.80 Å². The van der Waals surface area contributed by atoms with Crippen LogP contribution >= 0.6 is 0 Å². The fourth-order valence-electron chi connectivity index (χ4n) is 4.22. The third kappa shape index (κ3) is 4.83. The van der Waals surface area contributed by atoms with Crippen LogP contribution in [0.25, 0.3) is 0 Å². The number of alkyl halides is 3. The van der Waals surface area contributed by atoms with Crippen LogP contribution in [0.5, 0.6) is 0 Å². The number of hydrogen-bond acceptors (Lipinski definition) is 5. The Labute approximate surface area is 203 Å². The maximum absolute atomic E-state index is 13.3. The fraction of sp³-hybridized carbons (Fsp3) is 0.333. The van der Waals surface area contributed by atoms with E-state index in [1.54, 1.807) is 24.3 Å². The Bertz CT molecular complexity index is 1210. The van der Waals surface area contributed by atoms with Gasteiger partial charge in [-0.3, -0.25) is 19.4 Å². The van der Waals surface area contributed by atoms with E-state index in [4.69, 9.17) is 4.74 Å². The fourth-order valence-corrected chi connectivity index (χ4v) is 4.22. The number of imide groups is 1. The molecule has 2 heterocycles. The van der Waals surface area contributed by atoms with Gasteiger partial charge in [-0.05, 0) is 41.8 Å². The summed E-state index contributed by atoms with van der Waals surface area (Å²) in [7, 11) is 0. The number of hydrogen-bond donors (Lipinski definition) is 1. The van der Waals surface area contributed by atoms with Crippen molar-refractivity contribution in [3.63, 3.8) is 0 Å². The lowest BCUT2D eigenvalue weighted by atomic mass is 9.99. The number of anilines is 1. The number of carbonyl (C=O) groups excluding carboxylic acids is 3. The number of ether oxygens (including phenoxy) is 1. The maximum atomic E-state index is 13.3. The van der Waals surface area contributed by atoms with Gasteiger partial charge in [0.2, 0.25) is 5.91 Å². The van der Waals surface area contributed by atoms with E-state index in [-0.39, 0.29) is 17.7 Å². The Hall–Kier alpha value is -4.09. The van der Waals surface area contributed by atoms with Crippen LogP contribution in [0.4, 0.5) is 28.4 Å². The zero-order chi connectivity index (χ0) is 26.2. The zero-order valence-electron chi connectivity index (χ0n) is 19.1. The second-order valence-electron chi connectivity index (χ2n) is 8.50. The standard InChI is InChI=1S/C24H22F3N3O6/c1-14-16(3-2-4-19(14)24(25,26)27)12-30-20(31)18(21(32)33)13-29(22(30)34)17-7-5-15(6-8-17)11-28-9-10-36-23(28)35/h2-8,18H,9-13H2,1H3,(H,32,33). The van der Waals surface area contributed by atoms with E-state index in [9.17, 15) is 37.5 Å². The van der Waals surface area contributed by atoms with Gasteiger partial charge in [0.25, 0.3) is 0 Å². The van der Waals surface area contributed by atoms with Gasteiger partial charge in [-0.2, -0.15) is 13.2 Å². The van der Waals surface area contributed by atoms with Gasteiger partial charge in [0.1, 0.15) is 6.61 Å². The molecule has 9 nitrogen and oxygen atoms in total. The number of carboxylic acid groups (broad SMARTS) is 1. The third-order valence-electron chi connectivity index (χ3n) is 6.24. The smallest absolute Gasteiger partial charge is 0.416 e. The topological polar surface area (TPSA) is 107 Å². The van der Waals surface area contributed by atoms with Crippen LogP contribution in [0, 0.1) is 12.8 Å². The molecule has 1 unspecified atom stereocenters. The Kier molecular flexibility index (Phi) is 6.61. The maximum Gasteiger partial charge on any atom is 0.416 e. The molecule has 190 valence electrons. The summed E-state index contributed by atoms with van der Waals surface area (Å²) in [5.41, 5.74) is 0.0624. The molecule has 0 bridgehead atoms. The molecule has 1 atom stereocenters. The van der Waals surface area contributed by atoms with Gasteiger partial charge in [-0.15, -0.1) is 0 Å². The van der Waals surface area contributed by atoms with E-state index in [1.165, 1.54) is 24.0 Å². The van der Waals surface area contributed by atoms with Crippen LogP contribution < -0.4 is 4.90 Å². The zero-order valence-corrected chi connectivity index (χ0v) is 19.1. The first-order valence-corrected chi connectivity index (χ1v) is 11.0. The van der Waals surface area contributed by atoms with Gasteiger partial charge >= 0.3 is 24.3 Å². The summed E-state index contributed by atoms with van der Waals surface area (Å²) in [5, 5.41) is 9.59. The Morgan fingerprint density at radius 2 is 1.78 bits per heavy atom. The van der Waals surface area contributed by atoms with Gasteiger partial charge in [-0.1, -0.05) is 24.3 Å². The van der Waals surface area contributed by atoms with Crippen molar-refractivity contribution in [1.29, 1.82) is 0 Å². The minimum absolute atomic E-state index is 0.0744. The Balaban J connectivity index is 1.60. The van der Waals surface area contributed by atoms with E-state index in [0.717, 1.165) is 16.5 Å². The van der Waals surface area contributed by atoms with Gasteiger partial charge < -0.3 is 14.7 Å². The highest BCUT2D eigenvalue weighted by Crippen LogP contribution is 2.34. The van der Waals surface area contributed by atoms with Crippen LogP contribution in [-0.2, 0) is 33.6 Å². The number of benzene rings is 2. The second-order valence-corrected chi connectivity index (χ2v) is 8.50. The Morgan fingerprint density at radius 1 is 1.08 bits per heavy atom. The van der Waals surface area contributed by atoms with Crippen molar-refractivity contribution < 1.29 is 42.2 Å². The van der Waals surface area contributed by atoms with Crippen LogP contribution in [0.15, 0.2) is 42.5 Å². The highest BCUT2D eigenvalue weighted by molar-refractivity contribution is 6.12. The summed E-state index contributed by atoms with van der Waals surface area (Å²) in [6.07, 6.45) is -5.06. The number of urea groups is 1. The molecule has 0 aliphatic carbocycles. The predicted molar refractivity (Wildman–Crippen MR) is 119 cm³/mol. The number of carbonyl (C=O) groups is 4. The first kappa shape index (κ1) is 25.0. The lowest BCUT2D eigenvalue weighted by Crippen LogP contribution is -2.58. The highest BCUT2D eigenvalue weighted by Gasteiger charge is 2.44. The predicted octanol–water partition coefficient (Wildman–Crippen LogP) is 3.64. The molecule has 2 aliphatic rings. The summed E-state index contributed by atoms with van der Waals surface area (Å²) >= 11 is 0. The third-order valence-corrected chi connectivity index (χ3v) is 6.24. The average molecular weight is 505 g/mol. The number of rotatable bonds is 6. The summed E-state index contributed by atoms with van der Waals surface area (Å²) in [4.78, 5) is 52.8. The van der Waals surface area contributed by atoms with E-state index in [2.05, 4.69) is 0 Å². The molecule has 4 amide bonds. The number of amides is 4. The molecule has 4 rings (SSSR count). The monoisotopic (exact) mass is 505 g/mol. The van der Waals surface area contributed by atoms with Crippen LogP contribution in [0.1, 0.15) is 22.3 Å². The quantitative estimate of drug-likeness (QED) is 0.601. The molecule has 36 heavy (non-hydrogen) atoms. The van der Waals surface area contributed by atoms with E-state index in [1.807, 2.05) is 0 Å². The average Bonchev–Trinajstić information content (AvgIpc) is 3.21. The molecule has 0 spiro atoms. The van der Waals surface area contributed by atoms with Crippen molar-refractivity contribution in [3.8, 4) is 0 Å². The molecule has 1 N–H and O–H groups in total. The molecule has 0 radical (unpaired) electrons. The lowest BCUT2D eigenvalue weighted by Gasteiger charge is -2.37. The highest BCUT2D eigenvalue weighted by atomic mass is 19.4. The molecule has 12 heteroatoms.